The van der Waals surface area contributed by atoms with E-state index in [4.69, 9.17) is 0 Å². The standard InChI is InChI=1S/C8H8N2O4/c1-5-3-6(2)8(10(13)14)4-7(5)9(11)12/h3-4H,1-2H3. The molecule has 0 spiro atoms. The molecule has 0 aliphatic carbocycles. The molecule has 0 unspecified atom stereocenters. The van der Waals surface area contributed by atoms with Crippen LogP contribution in [0.3, 0.4) is 0 Å². The van der Waals surface area contributed by atoms with Crippen LogP contribution >= 0.6 is 0 Å². The third-order valence-electron chi connectivity index (χ3n) is 1.91. The molecule has 0 fully saturated rings. The SMILES string of the molecule is Cc1cc(C)c([N+](=O)[O-])cc1[N+](=O)[O-]. The molecular weight excluding hydrogens is 188 g/mol. The van der Waals surface area contributed by atoms with Gasteiger partial charge >= 0.3 is 0 Å². The van der Waals surface area contributed by atoms with Gasteiger partial charge in [0.2, 0.25) is 0 Å². The van der Waals surface area contributed by atoms with E-state index in [9.17, 15) is 20.2 Å². The zero-order valence-corrected chi connectivity index (χ0v) is 7.68. The summed E-state index contributed by atoms with van der Waals surface area (Å²) >= 11 is 0. The molecule has 0 bridgehead atoms. The molecule has 0 saturated heterocycles. The summed E-state index contributed by atoms with van der Waals surface area (Å²) in [5, 5.41) is 21.0. The molecule has 0 N–H and O–H groups in total. The van der Waals surface area contributed by atoms with Gasteiger partial charge in [0.05, 0.1) is 15.9 Å². The first-order valence-corrected chi connectivity index (χ1v) is 3.83. The third-order valence-corrected chi connectivity index (χ3v) is 1.91. The van der Waals surface area contributed by atoms with Crippen molar-refractivity contribution in [1.29, 1.82) is 0 Å². The van der Waals surface area contributed by atoms with Crippen LogP contribution in [0.1, 0.15) is 11.1 Å². The first kappa shape index (κ1) is 10.1. The highest BCUT2D eigenvalue weighted by Crippen LogP contribution is 2.27. The molecule has 14 heavy (non-hydrogen) atoms. The molecule has 0 heterocycles. The minimum absolute atomic E-state index is 0.220. The Morgan fingerprint density at radius 2 is 1.29 bits per heavy atom. The third kappa shape index (κ3) is 1.68. The molecule has 0 radical (unpaired) electrons. The van der Waals surface area contributed by atoms with Gasteiger partial charge in [0.25, 0.3) is 11.4 Å². The van der Waals surface area contributed by atoms with Gasteiger partial charge in [0.15, 0.2) is 0 Å². The van der Waals surface area contributed by atoms with E-state index >= 15 is 0 Å². The first-order chi connectivity index (χ1) is 6.43. The summed E-state index contributed by atoms with van der Waals surface area (Å²) < 4.78 is 0. The average molecular weight is 196 g/mol. The number of nitro benzene ring substituents is 2. The van der Waals surface area contributed by atoms with Gasteiger partial charge in [-0.15, -0.1) is 0 Å². The van der Waals surface area contributed by atoms with Crippen LogP contribution in [0.15, 0.2) is 12.1 Å². The van der Waals surface area contributed by atoms with E-state index in [2.05, 4.69) is 0 Å². The number of aryl methyl sites for hydroxylation is 2. The fourth-order valence-electron chi connectivity index (χ4n) is 1.22. The Morgan fingerprint density at radius 3 is 1.57 bits per heavy atom. The number of nitrogens with zero attached hydrogens (tertiary/aromatic N) is 2. The monoisotopic (exact) mass is 196 g/mol. The summed E-state index contributed by atoms with van der Waals surface area (Å²) in [6.07, 6.45) is 0. The van der Waals surface area contributed by atoms with Crippen molar-refractivity contribution in [3.63, 3.8) is 0 Å². The Bertz CT molecular complexity index is 379. The van der Waals surface area contributed by atoms with Crippen molar-refractivity contribution < 1.29 is 9.85 Å². The maximum Gasteiger partial charge on any atom is 0.279 e. The van der Waals surface area contributed by atoms with E-state index in [0.29, 0.717) is 11.1 Å². The number of nitro groups is 2. The lowest BCUT2D eigenvalue weighted by molar-refractivity contribution is -0.394. The molecular formula is C8H8N2O4. The summed E-state index contributed by atoms with van der Waals surface area (Å²) in [6, 6.07) is 2.43. The quantitative estimate of drug-likeness (QED) is 0.535. The highest BCUT2D eigenvalue weighted by Gasteiger charge is 2.19. The lowest BCUT2D eigenvalue weighted by Gasteiger charge is -1.99. The summed E-state index contributed by atoms with van der Waals surface area (Å²) in [5.41, 5.74) is 0.417. The summed E-state index contributed by atoms with van der Waals surface area (Å²) in [4.78, 5) is 19.7. The van der Waals surface area contributed by atoms with Gasteiger partial charge in [0, 0.05) is 11.1 Å². The molecule has 6 heteroatoms. The fourth-order valence-corrected chi connectivity index (χ4v) is 1.22. The Labute approximate surface area is 79.5 Å². The second-order valence-electron chi connectivity index (χ2n) is 2.94. The van der Waals surface area contributed by atoms with Crippen LogP contribution in [0.5, 0.6) is 0 Å². The van der Waals surface area contributed by atoms with Crippen LogP contribution in [-0.2, 0) is 0 Å². The lowest BCUT2D eigenvalue weighted by Crippen LogP contribution is -1.97. The smallest absolute Gasteiger partial charge is 0.258 e. The van der Waals surface area contributed by atoms with E-state index in [1.165, 1.54) is 6.07 Å². The summed E-state index contributed by atoms with van der Waals surface area (Å²) in [5.74, 6) is 0. The molecule has 6 nitrogen and oxygen atoms in total. The van der Waals surface area contributed by atoms with Crippen LogP contribution < -0.4 is 0 Å². The topological polar surface area (TPSA) is 86.3 Å². The van der Waals surface area contributed by atoms with Crippen molar-refractivity contribution in [2.75, 3.05) is 0 Å². The summed E-state index contributed by atoms with van der Waals surface area (Å²) in [7, 11) is 0. The van der Waals surface area contributed by atoms with Crippen molar-refractivity contribution in [3.05, 3.63) is 43.5 Å². The second-order valence-corrected chi connectivity index (χ2v) is 2.94. The second kappa shape index (κ2) is 3.41. The summed E-state index contributed by atoms with van der Waals surface area (Å²) in [6.45, 7) is 3.10. The number of rotatable bonds is 2. The largest absolute Gasteiger partial charge is 0.279 e. The molecule has 0 amide bonds. The van der Waals surface area contributed by atoms with Crippen molar-refractivity contribution in [2.24, 2.45) is 0 Å². The Morgan fingerprint density at radius 1 is 0.929 bits per heavy atom. The molecule has 74 valence electrons. The highest BCUT2D eigenvalue weighted by atomic mass is 16.6. The zero-order chi connectivity index (χ0) is 10.9. The highest BCUT2D eigenvalue weighted by molar-refractivity contribution is 5.53. The minimum Gasteiger partial charge on any atom is -0.258 e. The van der Waals surface area contributed by atoms with Crippen LogP contribution in [0, 0.1) is 34.1 Å². The van der Waals surface area contributed by atoms with E-state index in [0.717, 1.165) is 6.07 Å². The molecule has 0 atom stereocenters. The zero-order valence-electron chi connectivity index (χ0n) is 7.68. The van der Waals surface area contributed by atoms with Gasteiger partial charge in [-0.1, -0.05) is 0 Å². The van der Waals surface area contributed by atoms with Crippen LogP contribution in [0.25, 0.3) is 0 Å². The lowest BCUT2D eigenvalue weighted by atomic mass is 10.1. The minimum atomic E-state index is -0.623. The van der Waals surface area contributed by atoms with Gasteiger partial charge < -0.3 is 0 Å². The Kier molecular flexibility index (Phi) is 2.46. The van der Waals surface area contributed by atoms with E-state index in [1.807, 2.05) is 0 Å². The average Bonchev–Trinajstić information content (AvgIpc) is 2.02. The van der Waals surface area contributed by atoms with E-state index in [-0.39, 0.29) is 11.4 Å². The number of benzene rings is 1. The Hall–Kier alpha value is -1.98. The van der Waals surface area contributed by atoms with E-state index in [1.54, 1.807) is 13.8 Å². The maximum atomic E-state index is 10.5. The van der Waals surface area contributed by atoms with Crippen LogP contribution in [0.2, 0.25) is 0 Å². The van der Waals surface area contributed by atoms with Crippen LogP contribution in [0.4, 0.5) is 11.4 Å². The first-order valence-electron chi connectivity index (χ1n) is 3.83. The van der Waals surface area contributed by atoms with E-state index < -0.39 is 9.85 Å². The molecule has 0 aromatic heterocycles. The van der Waals surface area contributed by atoms with Crippen molar-refractivity contribution in [3.8, 4) is 0 Å². The van der Waals surface area contributed by atoms with Crippen molar-refractivity contribution in [2.45, 2.75) is 13.8 Å². The fraction of sp³-hybridized carbons (Fsp3) is 0.250. The molecule has 1 aromatic rings. The van der Waals surface area contributed by atoms with Gasteiger partial charge in [-0.2, -0.15) is 0 Å². The molecule has 0 aliphatic heterocycles. The predicted molar refractivity (Wildman–Crippen MR) is 49.2 cm³/mol. The van der Waals surface area contributed by atoms with Crippen molar-refractivity contribution in [1.82, 2.24) is 0 Å². The predicted octanol–water partition coefficient (Wildman–Crippen LogP) is 2.12. The Balaban J connectivity index is 3.42. The van der Waals surface area contributed by atoms with Gasteiger partial charge in [-0.3, -0.25) is 20.2 Å². The normalized spacial score (nSPS) is 9.86. The molecule has 0 aliphatic rings. The van der Waals surface area contributed by atoms with Gasteiger partial charge in [-0.25, -0.2) is 0 Å². The van der Waals surface area contributed by atoms with Gasteiger partial charge in [0.1, 0.15) is 0 Å². The number of hydrogen-bond donors (Lipinski definition) is 0. The molecule has 0 saturated carbocycles. The maximum absolute atomic E-state index is 10.5. The number of hydrogen-bond acceptors (Lipinski definition) is 4. The van der Waals surface area contributed by atoms with Crippen LogP contribution in [-0.4, -0.2) is 9.85 Å². The molecule has 1 rings (SSSR count). The van der Waals surface area contributed by atoms with Crippen molar-refractivity contribution >= 4 is 11.4 Å². The molecule has 1 aromatic carbocycles. The van der Waals surface area contributed by atoms with Gasteiger partial charge in [-0.05, 0) is 19.9 Å².